The molecule has 1 aliphatic heterocycles. The van der Waals surface area contributed by atoms with Crippen LogP contribution in [0.4, 0.5) is 5.69 Å². The number of carboxylic acids is 1. The van der Waals surface area contributed by atoms with Gasteiger partial charge in [0.1, 0.15) is 5.75 Å². The summed E-state index contributed by atoms with van der Waals surface area (Å²) in [6.45, 7) is 4.15. The molecule has 0 radical (unpaired) electrons. The van der Waals surface area contributed by atoms with Crippen LogP contribution in [0.2, 0.25) is 0 Å². The van der Waals surface area contributed by atoms with Gasteiger partial charge in [-0.05, 0) is 55.0 Å². The van der Waals surface area contributed by atoms with Crippen LogP contribution in [0.5, 0.6) is 5.75 Å². The van der Waals surface area contributed by atoms with E-state index in [1.807, 2.05) is 6.07 Å². The minimum absolute atomic E-state index is 0.0677. The van der Waals surface area contributed by atoms with Gasteiger partial charge in [0, 0.05) is 24.8 Å². The van der Waals surface area contributed by atoms with Gasteiger partial charge in [-0.15, -0.1) is 0 Å². The molecule has 3 rings (SSSR count). The van der Waals surface area contributed by atoms with Gasteiger partial charge in [0.05, 0.1) is 25.1 Å². The third-order valence-corrected chi connectivity index (χ3v) is 5.79. The molecule has 2 aromatic carbocycles. The van der Waals surface area contributed by atoms with Crippen LogP contribution in [-0.2, 0) is 11.2 Å². The van der Waals surface area contributed by atoms with Gasteiger partial charge in [-0.2, -0.15) is 0 Å². The zero-order valence-corrected chi connectivity index (χ0v) is 18.4. The fraction of sp³-hybridized carbons (Fsp3) is 0.440. The third kappa shape index (κ3) is 6.00. The molecule has 1 unspecified atom stereocenters. The molecule has 31 heavy (non-hydrogen) atoms. The van der Waals surface area contributed by atoms with Crippen LogP contribution < -0.4 is 15.0 Å². The Morgan fingerprint density at radius 1 is 1.10 bits per heavy atom. The van der Waals surface area contributed by atoms with Crippen LogP contribution in [0, 0.1) is 0 Å². The third-order valence-electron chi connectivity index (χ3n) is 5.79. The summed E-state index contributed by atoms with van der Waals surface area (Å²) in [4.78, 5) is 26.3. The number of hydrogen-bond donors (Lipinski definition) is 2. The molecule has 1 fully saturated rings. The van der Waals surface area contributed by atoms with Crippen molar-refractivity contribution in [3.05, 3.63) is 59.2 Å². The molecule has 1 heterocycles. The lowest BCUT2D eigenvalue weighted by Gasteiger charge is -2.33. The average Bonchev–Trinajstić information content (AvgIpc) is 2.79. The number of aromatic carboxylic acids is 1. The Morgan fingerprint density at radius 3 is 2.42 bits per heavy atom. The van der Waals surface area contributed by atoms with Crippen LogP contribution >= 0.6 is 0 Å². The quantitative estimate of drug-likeness (QED) is 0.616. The lowest BCUT2D eigenvalue weighted by molar-refractivity contribution is -0.121. The smallest absolute Gasteiger partial charge is 0.335 e. The second kappa shape index (κ2) is 10.8. The van der Waals surface area contributed by atoms with Gasteiger partial charge in [-0.3, -0.25) is 4.79 Å². The highest BCUT2D eigenvalue weighted by Crippen LogP contribution is 2.34. The van der Waals surface area contributed by atoms with Gasteiger partial charge in [0.15, 0.2) is 0 Å². The molecule has 1 amide bonds. The van der Waals surface area contributed by atoms with Gasteiger partial charge in [-0.25, -0.2) is 4.79 Å². The number of hydrogen-bond acceptors (Lipinski definition) is 4. The van der Waals surface area contributed by atoms with Crippen LogP contribution in [0.25, 0.3) is 0 Å². The Labute approximate surface area is 184 Å². The fourth-order valence-corrected chi connectivity index (χ4v) is 4.14. The first-order chi connectivity index (χ1) is 15.0. The predicted octanol–water partition coefficient (Wildman–Crippen LogP) is 4.58. The maximum atomic E-state index is 12.8. The first kappa shape index (κ1) is 22.7. The number of carbonyl (C=O) groups excluding carboxylic acids is 1. The van der Waals surface area contributed by atoms with Crippen LogP contribution in [0.1, 0.15) is 66.6 Å². The molecule has 0 aliphatic carbocycles. The number of carbonyl (C=O) groups is 2. The van der Waals surface area contributed by atoms with Gasteiger partial charge in [0.2, 0.25) is 5.91 Å². The van der Waals surface area contributed by atoms with Gasteiger partial charge >= 0.3 is 5.97 Å². The molecule has 6 heteroatoms. The van der Waals surface area contributed by atoms with Gasteiger partial charge in [-0.1, -0.05) is 31.5 Å². The van der Waals surface area contributed by atoms with Gasteiger partial charge in [0.25, 0.3) is 0 Å². The van der Waals surface area contributed by atoms with Crippen molar-refractivity contribution in [1.29, 1.82) is 0 Å². The molecule has 6 nitrogen and oxygen atoms in total. The van der Waals surface area contributed by atoms with Crippen molar-refractivity contribution in [2.45, 2.75) is 51.5 Å². The van der Waals surface area contributed by atoms with E-state index in [2.05, 4.69) is 29.3 Å². The zero-order valence-electron chi connectivity index (χ0n) is 18.4. The number of carboxylic acid groups (broad SMARTS) is 1. The molecular weight excluding hydrogens is 392 g/mol. The maximum absolute atomic E-state index is 12.8. The Bertz CT molecular complexity index is 889. The standard InChI is InChI=1S/C25H32N2O4/c1-3-7-22(26-24(28)16-18-8-10-19(11-9-18)25(29)30)21-13-12-20(31-2)17-23(21)27-14-5-4-6-15-27/h8-13,17,22H,3-7,14-16H2,1-2H3,(H,26,28)(H,29,30). The number of nitrogens with one attached hydrogen (secondary N) is 1. The second-order valence-electron chi connectivity index (χ2n) is 8.06. The molecule has 2 N–H and O–H groups in total. The summed E-state index contributed by atoms with van der Waals surface area (Å²) in [5.41, 5.74) is 3.28. The van der Waals surface area contributed by atoms with Crippen molar-refractivity contribution >= 4 is 17.6 Å². The van der Waals surface area contributed by atoms with E-state index < -0.39 is 5.97 Å². The molecule has 1 atom stereocenters. The fourth-order valence-electron chi connectivity index (χ4n) is 4.14. The van der Waals surface area contributed by atoms with E-state index in [4.69, 9.17) is 9.84 Å². The number of rotatable bonds is 9. The van der Waals surface area contributed by atoms with E-state index in [0.29, 0.717) is 0 Å². The lowest BCUT2D eigenvalue weighted by Crippen LogP contribution is -2.34. The highest BCUT2D eigenvalue weighted by Gasteiger charge is 2.22. The predicted molar refractivity (Wildman–Crippen MR) is 122 cm³/mol. The van der Waals surface area contributed by atoms with Crippen LogP contribution in [0.15, 0.2) is 42.5 Å². The topological polar surface area (TPSA) is 78.9 Å². The molecule has 0 aromatic heterocycles. The number of piperidine rings is 1. The highest BCUT2D eigenvalue weighted by atomic mass is 16.5. The first-order valence-corrected chi connectivity index (χ1v) is 11.1. The average molecular weight is 425 g/mol. The lowest BCUT2D eigenvalue weighted by atomic mass is 9.97. The van der Waals surface area contributed by atoms with E-state index >= 15 is 0 Å². The minimum Gasteiger partial charge on any atom is -0.497 e. The monoisotopic (exact) mass is 424 g/mol. The maximum Gasteiger partial charge on any atom is 0.335 e. The SMILES string of the molecule is CCCC(NC(=O)Cc1ccc(C(=O)O)cc1)c1ccc(OC)cc1N1CCCCC1. The summed E-state index contributed by atoms with van der Waals surface area (Å²) in [7, 11) is 1.68. The molecule has 0 saturated carbocycles. The van der Waals surface area contributed by atoms with E-state index in [-0.39, 0.29) is 23.9 Å². The second-order valence-corrected chi connectivity index (χ2v) is 8.06. The number of methoxy groups -OCH3 is 1. The van der Waals surface area contributed by atoms with E-state index in [9.17, 15) is 9.59 Å². The molecule has 0 spiro atoms. The molecule has 2 aromatic rings. The molecule has 166 valence electrons. The number of ether oxygens (including phenoxy) is 1. The number of anilines is 1. The van der Waals surface area contributed by atoms with Crippen LogP contribution in [0.3, 0.4) is 0 Å². The van der Waals surface area contributed by atoms with Crippen molar-refractivity contribution in [3.8, 4) is 5.75 Å². The number of nitrogens with zero attached hydrogens (tertiary/aromatic N) is 1. The van der Waals surface area contributed by atoms with Crippen molar-refractivity contribution < 1.29 is 19.4 Å². The number of benzene rings is 2. The summed E-state index contributed by atoms with van der Waals surface area (Å²) < 4.78 is 5.47. The van der Waals surface area contributed by atoms with E-state index in [0.717, 1.165) is 48.5 Å². The van der Waals surface area contributed by atoms with E-state index in [1.54, 1.807) is 19.2 Å². The summed E-state index contributed by atoms with van der Waals surface area (Å²) in [6, 6.07) is 12.5. The molecule has 1 aliphatic rings. The Hall–Kier alpha value is -3.02. The van der Waals surface area contributed by atoms with E-state index in [1.165, 1.54) is 31.4 Å². The molecular formula is C25H32N2O4. The van der Waals surface area contributed by atoms with Crippen molar-refractivity contribution in [3.63, 3.8) is 0 Å². The normalized spacial score (nSPS) is 14.7. The Kier molecular flexibility index (Phi) is 7.93. The highest BCUT2D eigenvalue weighted by molar-refractivity contribution is 5.87. The molecule has 1 saturated heterocycles. The Balaban J connectivity index is 1.79. The largest absolute Gasteiger partial charge is 0.497 e. The minimum atomic E-state index is -0.969. The van der Waals surface area contributed by atoms with Gasteiger partial charge < -0.3 is 20.1 Å². The summed E-state index contributed by atoms with van der Waals surface area (Å²) in [5, 5.41) is 12.3. The van der Waals surface area contributed by atoms with Crippen LogP contribution in [-0.4, -0.2) is 37.2 Å². The summed E-state index contributed by atoms with van der Waals surface area (Å²) in [5.74, 6) is -0.213. The zero-order chi connectivity index (χ0) is 22.2. The summed E-state index contributed by atoms with van der Waals surface area (Å²) >= 11 is 0. The molecule has 0 bridgehead atoms. The van der Waals surface area contributed by atoms with Crippen molar-refractivity contribution in [2.24, 2.45) is 0 Å². The van der Waals surface area contributed by atoms with Crippen molar-refractivity contribution in [2.75, 3.05) is 25.1 Å². The summed E-state index contributed by atoms with van der Waals surface area (Å²) in [6.07, 6.45) is 5.61. The number of amides is 1. The van der Waals surface area contributed by atoms with Crippen molar-refractivity contribution in [1.82, 2.24) is 5.32 Å². The first-order valence-electron chi connectivity index (χ1n) is 11.1. The Morgan fingerprint density at radius 2 is 1.81 bits per heavy atom.